The van der Waals surface area contributed by atoms with Crippen molar-refractivity contribution in [2.75, 3.05) is 13.7 Å². The first-order chi connectivity index (χ1) is 21.0. The van der Waals surface area contributed by atoms with Gasteiger partial charge in [0.2, 0.25) is 11.8 Å². The lowest BCUT2D eigenvalue weighted by atomic mass is 9.85. The second-order valence-electron chi connectivity index (χ2n) is 14.0. The summed E-state index contributed by atoms with van der Waals surface area (Å²) in [5.74, 6) is 0.988. The molecule has 9 heteroatoms. The van der Waals surface area contributed by atoms with Gasteiger partial charge in [0, 0.05) is 22.9 Å². The van der Waals surface area contributed by atoms with Gasteiger partial charge in [-0.05, 0) is 81.4 Å². The maximum atomic E-state index is 14.3. The van der Waals surface area contributed by atoms with Gasteiger partial charge in [-0.1, -0.05) is 40.5 Å². The number of methoxy groups -OCH3 is 1. The summed E-state index contributed by atoms with van der Waals surface area (Å²) in [7, 11) is 1.64. The van der Waals surface area contributed by atoms with E-state index in [1.807, 2.05) is 45.9 Å². The van der Waals surface area contributed by atoms with E-state index >= 15 is 0 Å². The SMILES string of the molecule is CC[C@@H]1[C@@H]2CN(C(=O)[C@H](C(C)(C)C)NC(=O)O[C@@H]3CCC[C@H]3CCCCCc3cc4ccc(OC)cc4nc3O2)[C@@H]1C(C)=O. The molecule has 2 bridgehead atoms. The number of carbonyl (C=O) groups excluding carboxylic acids is 3. The van der Waals surface area contributed by atoms with Crippen molar-refractivity contribution in [3.8, 4) is 11.6 Å². The number of alkyl carbamates (subject to hydrolysis) is 1. The van der Waals surface area contributed by atoms with Gasteiger partial charge in [-0.25, -0.2) is 9.78 Å². The molecule has 6 atom stereocenters. The van der Waals surface area contributed by atoms with Crippen LogP contribution in [0.25, 0.3) is 10.9 Å². The Morgan fingerprint density at radius 1 is 1.05 bits per heavy atom. The van der Waals surface area contributed by atoms with Crippen LogP contribution in [0.15, 0.2) is 24.3 Å². The molecule has 1 aromatic carbocycles. The average molecular weight is 608 g/mol. The molecule has 0 unspecified atom stereocenters. The number of aryl methyl sites for hydroxylation is 1. The number of rotatable bonds is 3. The van der Waals surface area contributed by atoms with Crippen LogP contribution in [0.2, 0.25) is 0 Å². The smallest absolute Gasteiger partial charge is 0.408 e. The van der Waals surface area contributed by atoms with Crippen molar-refractivity contribution in [3.63, 3.8) is 0 Å². The minimum atomic E-state index is -0.867. The number of ketones is 1. The number of Topliss-reactive ketones (excluding diaryl/α,β-unsaturated/α-hetero) is 1. The Morgan fingerprint density at radius 2 is 1.82 bits per heavy atom. The predicted octanol–water partition coefficient (Wildman–Crippen LogP) is 6.24. The van der Waals surface area contributed by atoms with Gasteiger partial charge in [0.1, 0.15) is 24.0 Å². The molecule has 1 aromatic heterocycles. The number of nitrogens with one attached hydrogen (secondary N) is 1. The van der Waals surface area contributed by atoms with Gasteiger partial charge in [0.25, 0.3) is 0 Å². The van der Waals surface area contributed by atoms with Crippen molar-refractivity contribution >= 4 is 28.7 Å². The molecule has 2 fully saturated rings. The highest BCUT2D eigenvalue weighted by molar-refractivity contribution is 5.92. The number of pyridine rings is 1. The summed E-state index contributed by atoms with van der Waals surface area (Å²) in [5.41, 5.74) is 1.19. The first-order valence-corrected chi connectivity index (χ1v) is 16.4. The lowest BCUT2D eigenvalue weighted by molar-refractivity contribution is -0.141. The fraction of sp³-hybridized carbons (Fsp3) is 0.657. The van der Waals surface area contributed by atoms with E-state index in [9.17, 15) is 14.4 Å². The topological polar surface area (TPSA) is 107 Å². The molecule has 3 heterocycles. The van der Waals surface area contributed by atoms with Gasteiger partial charge < -0.3 is 24.4 Å². The summed E-state index contributed by atoms with van der Waals surface area (Å²) in [6.07, 6.45) is 7.34. The molecule has 2 aliphatic heterocycles. The summed E-state index contributed by atoms with van der Waals surface area (Å²) >= 11 is 0. The lowest BCUT2D eigenvalue weighted by Gasteiger charge is -2.35. The maximum absolute atomic E-state index is 14.3. The standard InChI is InChI=1S/C35H49N3O6/c1-7-26-29-20-38(30(26)21(2)39)33(40)31(35(3,4)5)37-34(41)44-28-15-11-14-22(28)12-9-8-10-13-24-18-23-16-17-25(42-6)19-27(23)36-32(24)43-29/h16-19,22,26,28-31H,7-15,20H2,1-6H3,(H,37,41)/t22-,26-,28-,29+,30-,31-/m1/s1. The van der Waals surface area contributed by atoms with Crippen LogP contribution in [0.3, 0.4) is 0 Å². The zero-order valence-electron chi connectivity index (χ0n) is 27.2. The van der Waals surface area contributed by atoms with Crippen LogP contribution in [-0.4, -0.2) is 65.6 Å². The fourth-order valence-corrected chi connectivity index (χ4v) is 7.45. The summed E-state index contributed by atoms with van der Waals surface area (Å²) < 4.78 is 18.2. The Balaban J connectivity index is 1.54. The van der Waals surface area contributed by atoms with Gasteiger partial charge in [-0.15, -0.1) is 0 Å². The number of carbonyl (C=O) groups is 3. The van der Waals surface area contributed by atoms with Crippen LogP contribution in [0.4, 0.5) is 4.79 Å². The first-order valence-electron chi connectivity index (χ1n) is 16.4. The van der Waals surface area contributed by atoms with E-state index in [-0.39, 0.29) is 30.3 Å². The Bertz CT molecular complexity index is 1370. The highest BCUT2D eigenvalue weighted by Crippen LogP contribution is 2.37. The number of nitrogens with zero attached hydrogens (tertiary/aromatic N) is 2. The molecule has 0 spiro atoms. The summed E-state index contributed by atoms with van der Waals surface area (Å²) in [4.78, 5) is 47.3. The normalized spacial score (nSPS) is 28.6. The minimum Gasteiger partial charge on any atom is -0.497 e. The van der Waals surface area contributed by atoms with E-state index in [1.54, 1.807) is 12.0 Å². The monoisotopic (exact) mass is 607 g/mol. The molecule has 5 rings (SSSR count). The van der Waals surface area contributed by atoms with E-state index < -0.39 is 29.7 Å². The number of benzene rings is 1. The van der Waals surface area contributed by atoms with Crippen molar-refractivity contribution in [1.82, 2.24) is 15.2 Å². The van der Waals surface area contributed by atoms with Crippen molar-refractivity contribution in [3.05, 3.63) is 29.8 Å². The minimum absolute atomic E-state index is 0.0948. The zero-order chi connectivity index (χ0) is 31.6. The molecule has 44 heavy (non-hydrogen) atoms. The molecule has 2 aromatic rings. The molecular weight excluding hydrogens is 558 g/mol. The van der Waals surface area contributed by atoms with E-state index in [4.69, 9.17) is 19.2 Å². The molecule has 240 valence electrons. The third-order valence-corrected chi connectivity index (χ3v) is 9.84. The Hall–Kier alpha value is -3.36. The van der Waals surface area contributed by atoms with Crippen LogP contribution in [0.5, 0.6) is 11.6 Å². The predicted molar refractivity (Wildman–Crippen MR) is 169 cm³/mol. The largest absolute Gasteiger partial charge is 0.497 e. The number of amides is 2. The van der Waals surface area contributed by atoms with Crippen LogP contribution in [-0.2, 0) is 20.7 Å². The van der Waals surface area contributed by atoms with Crippen molar-refractivity contribution in [2.45, 2.75) is 117 Å². The quantitative estimate of drug-likeness (QED) is 0.440. The highest BCUT2D eigenvalue weighted by atomic mass is 16.6. The van der Waals surface area contributed by atoms with E-state index in [2.05, 4.69) is 11.4 Å². The van der Waals surface area contributed by atoms with Crippen LogP contribution < -0.4 is 14.8 Å². The third-order valence-electron chi connectivity index (χ3n) is 9.84. The van der Waals surface area contributed by atoms with Gasteiger partial charge in [-0.3, -0.25) is 9.59 Å². The van der Waals surface area contributed by atoms with Gasteiger partial charge in [0.05, 0.1) is 25.2 Å². The highest BCUT2D eigenvalue weighted by Gasteiger charge is 2.50. The Labute approximate surface area is 261 Å². The number of hydrogen-bond donors (Lipinski definition) is 1. The molecule has 9 nitrogen and oxygen atoms in total. The van der Waals surface area contributed by atoms with E-state index in [1.165, 1.54) is 6.92 Å². The van der Waals surface area contributed by atoms with Gasteiger partial charge in [0.15, 0.2) is 5.78 Å². The molecule has 2 amide bonds. The number of hydrogen-bond acceptors (Lipinski definition) is 7. The summed E-state index contributed by atoms with van der Waals surface area (Å²) in [6, 6.07) is 6.49. The first kappa shape index (κ1) is 32.0. The Morgan fingerprint density at radius 3 is 2.52 bits per heavy atom. The maximum Gasteiger partial charge on any atom is 0.408 e. The van der Waals surface area contributed by atoms with Crippen LogP contribution in [0, 0.1) is 17.3 Å². The number of fused-ring (bicyclic) bond motifs is 5. The second-order valence-corrected chi connectivity index (χ2v) is 14.0. The van der Waals surface area contributed by atoms with Gasteiger partial charge >= 0.3 is 6.09 Å². The summed E-state index contributed by atoms with van der Waals surface area (Å²) in [5, 5.41) is 3.93. The molecule has 3 aliphatic rings. The van der Waals surface area contributed by atoms with E-state index in [0.717, 1.165) is 73.6 Å². The van der Waals surface area contributed by atoms with Crippen molar-refractivity contribution in [1.29, 1.82) is 0 Å². The van der Waals surface area contributed by atoms with Crippen molar-refractivity contribution < 1.29 is 28.6 Å². The molecule has 0 radical (unpaired) electrons. The molecule has 1 N–H and O–H groups in total. The lowest BCUT2D eigenvalue weighted by Crippen LogP contribution is -2.57. The molecule has 1 saturated heterocycles. The van der Waals surface area contributed by atoms with E-state index in [0.29, 0.717) is 18.2 Å². The number of aromatic nitrogens is 1. The van der Waals surface area contributed by atoms with Crippen LogP contribution >= 0.6 is 0 Å². The van der Waals surface area contributed by atoms with Gasteiger partial charge in [-0.2, -0.15) is 0 Å². The Kier molecular flexibility index (Phi) is 9.71. The zero-order valence-corrected chi connectivity index (χ0v) is 27.2. The van der Waals surface area contributed by atoms with Crippen LogP contribution in [0.1, 0.15) is 91.5 Å². The third kappa shape index (κ3) is 6.81. The average Bonchev–Trinajstić information content (AvgIpc) is 3.58. The second kappa shape index (κ2) is 13.3. The van der Waals surface area contributed by atoms with Crippen molar-refractivity contribution in [2.24, 2.45) is 17.3 Å². The molecule has 1 aliphatic carbocycles. The summed E-state index contributed by atoms with van der Waals surface area (Å²) in [6.45, 7) is 9.55. The number of ether oxygens (including phenoxy) is 3. The fourth-order valence-electron chi connectivity index (χ4n) is 7.45. The molecular formula is C35H49N3O6. The molecule has 1 saturated carbocycles.